The number of hydrogen-bond acceptors (Lipinski definition) is 4. The predicted octanol–water partition coefficient (Wildman–Crippen LogP) is 1.26. The molecule has 1 aromatic rings. The summed E-state index contributed by atoms with van der Waals surface area (Å²) in [5, 5.41) is 20.7. The zero-order chi connectivity index (χ0) is 18.5. The molecule has 0 fully saturated rings. The largest absolute Gasteiger partial charge is 0.416 e. The van der Waals surface area contributed by atoms with E-state index in [9.17, 15) is 27.9 Å². The number of amides is 2. The summed E-state index contributed by atoms with van der Waals surface area (Å²) in [4.78, 5) is 23.3. The standard InChI is InChI=1S/C15H16F3N3O3/c1-8(6-7-19)11(13(20)23)21-14(24)12(22)9-2-4-10(5-3-9)15(16,17)18/h2-5,8,11-12,22H,6H2,1H3,(H2,20,23)(H,21,24)/t8-,11+,12-/m1/s1. The Kier molecular flexibility index (Phi) is 6.31. The Labute approximate surface area is 136 Å². The van der Waals surface area contributed by atoms with E-state index in [-0.39, 0.29) is 12.0 Å². The quantitative estimate of drug-likeness (QED) is 0.721. The van der Waals surface area contributed by atoms with E-state index in [4.69, 9.17) is 11.0 Å². The summed E-state index contributed by atoms with van der Waals surface area (Å²) in [6.45, 7) is 1.52. The lowest BCUT2D eigenvalue weighted by molar-refractivity contribution is -0.137. The second-order valence-electron chi connectivity index (χ2n) is 5.25. The van der Waals surface area contributed by atoms with Gasteiger partial charge in [0.05, 0.1) is 11.6 Å². The van der Waals surface area contributed by atoms with Gasteiger partial charge in [0.25, 0.3) is 5.91 Å². The molecule has 0 bridgehead atoms. The number of primary amides is 1. The van der Waals surface area contributed by atoms with Crippen LogP contribution in [0.1, 0.15) is 30.6 Å². The number of aliphatic hydroxyl groups excluding tert-OH is 1. The lowest BCUT2D eigenvalue weighted by atomic mass is 9.97. The number of halogens is 3. The molecule has 0 aliphatic rings. The van der Waals surface area contributed by atoms with Crippen LogP contribution in [0.25, 0.3) is 0 Å². The lowest BCUT2D eigenvalue weighted by Gasteiger charge is -2.22. The Hall–Kier alpha value is -2.60. The van der Waals surface area contributed by atoms with Gasteiger partial charge < -0.3 is 16.2 Å². The third-order valence-electron chi connectivity index (χ3n) is 3.39. The van der Waals surface area contributed by atoms with E-state index in [0.717, 1.165) is 24.3 Å². The summed E-state index contributed by atoms with van der Waals surface area (Å²) >= 11 is 0. The highest BCUT2D eigenvalue weighted by atomic mass is 19.4. The van der Waals surface area contributed by atoms with Crippen LogP contribution < -0.4 is 11.1 Å². The minimum absolute atomic E-state index is 0.0513. The first-order chi connectivity index (χ1) is 11.1. The number of carbonyl (C=O) groups excluding carboxylic acids is 2. The van der Waals surface area contributed by atoms with Gasteiger partial charge in [0.1, 0.15) is 6.04 Å². The molecule has 0 aliphatic heterocycles. The molecule has 0 radical (unpaired) electrons. The van der Waals surface area contributed by atoms with Crippen LogP contribution >= 0.6 is 0 Å². The van der Waals surface area contributed by atoms with Gasteiger partial charge in [0, 0.05) is 6.42 Å². The molecule has 0 aromatic heterocycles. The van der Waals surface area contributed by atoms with Crippen molar-refractivity contribution in [2.45, 2.75) is 31.7 Å². The molecule has 2 amide bonds. The van der Waals surface area contributed by atoms with Crippen LogP contribution in [0, 0.1) is 17.2 Å². The fourth-order valence-corrected chi connectivity index (χ4v) is 1.99. The summed E-state index contributed by atoms with van der Waals surface area (Å²) in [5.41, 5.74) is 4.16. The van der Waals surface area contributed by atoms with Crippen molar-refractivity contribution in [1.29, 1.82) is 5.26 Å². The number of alkyl halides is 3. The molecule has 0 spiro atoms. The van der Waals surface area contributed by atoms with Crippen molar-refractivity contribution in [3.63, 3.8) is 0 Å². The maximum atomic E-state index is 12.5. The van der Waals surface area contributed by atoms with Crippen LogP contribution in [0.3, 0.4) is 0 Å². The van der Waals surface area contributed by atoms with Gasteiger partial charge in [-0.15, -0.1) is 0 Å². The Morgan fingerprint density at radius 2 is 1.88 bits per heavy atom. The Morgan fingerprint density at radius 3 is 2.29 bits per heavy atom. The first-order valence-electron chi connectivity index (χ1n) is 6.89. The number of aliphatic hydroxyl groups is 1. The molecule has 1 rings (SSSR count). The van der Waals surface area contributed by atoms with E-state index in [2.05, 4.69) is 5.32 Å². The van der Waals surface area contributed by atoms with Crippen LogP contribution in [0.5, 0.6) is 0 Å². The fourth-order valence-electron chi connectivity index (χ4n) is 1.99. The number of nitrogens with two attached hydrogens (primary N) is 1. The van der Waals surface area contributed by atoms with Crippen molar-refractivity contribution in [1.82, 2.24) is 5.32 Å². The summed E-state index contributed by atoms with van der Waals surface area (Å²) < 4.78 is 37.4. The van der Waals surface area contributed by atoms with Crippen molar-refractivity contribution in [2.75, 3.05) is 0 Å². The van der Waals surface area contributed by atoms with E-state index in [1.54, 1.807) is 0 Å². The molecule has 9 heteroatoms. The Morgan fingerprint density at radius 1 is 1.33 bits per heavy atom. The second kappa shape index (κ2) is 7.79. The summed E-state index contributed by atoms with van der Waals surface area (Å²) in [6.07, 6.45) is -6.36. The third kappa shape index (κ3) is 4.96. The van der Waals surface area contributed by atoms with Crippen molar-refractivity contribution >= 4 is 11.8 Å². The number of hydrogen-bond donors (Lipinski definition) is 3. The Bertz CT molecular complexity index is 638. The summed E-state index contributed by atoms with van der Waals surface area (Å²) in [7, 11) is 0. The van der Waals surface area contributed by atoms with Crippen molar-refractivity contribution in [3.05, 3.63) is 35.4 Å². The molecule has 130 valence electrons. The molecule has 0 saturated heterocycles. The van der Waals surface area contributed by atoms with Gasteiger partial charge in [-0.25, -0.2) is 0 Å². The van der Waals surface area contributed by atoms with Crippen LogP contribution in [0.2, 0.25) is 0 Å². The normalized spacial score (nSPS) is 15.0. The Balaban J connectivity index is 2.86. The predicted molar refractivity (Wildman–Crippen MR) is 76.9 cm³/mol. The first kappa shape index (κ1) is 19.4. The minimum Gasteiger partial charge on any atom is -0.378 e. The van der Waals surface area contributed by atoms with Crippen LogP contribution in [-0.4, -0.2) is 23.0 Å². The molecule has 0 saturated carbocycles. The maximum Gasteiger partial charge on any atom is 0.416 e. The average molecular weight is 343 g/mol. The van der Waals surface area contributed by atoms with Gasteiger partial charge >= 0.3 is 6.18 Å². The zero-order valence-electron chi connectivity index (χ0n) is 12.7. The molecule has 0 aliphatic carbocycles. The van der Waals surface area contributed by atoms with Gasteiger partial charge in [0.15, 0.2) is 6.10 Å². The number of benzene rings is 1. The SMILES string of the molecule is C[C@H](CC#N)[C@H](NC(=O)[C@H](O)c1ccc(C(F)(F)F)cc1)C(N)=O. The lowest BCUT2D eigenvalue weighted by Crippen LogP contribution is -2.49. The van der Waals surface area contributed by atoms with E-state index >= 15 is 0 Å². The average Bonchev–Trinajstić information content (AvgIpc) is 2.50. The van der Waals surface area contributed by atoms with E-state index in [0.29, 0.717) is 0 Å². The van der Waals surface area contributed by atoms with Gasteiger partial charge in [-0.05, 0) is 23.6 Å². The molecule has 6 nitrogen and oxygen atoms in total. The van der Waals surface area contributed by atoms with E-state index in [1.807, 2.05) is 6.07 Å². The van der Waals surface area contributed by atoms with Crippen LogP contribution in [0.15, 0.2) is 24.3 Å². The summed E-state index contributed by atoms with van der Waals surface area (Å²) in [5.74, 6) is -2.47. The molecule has 1 aromatic carbocycles. The van der Waals surface area contributed by atoms with Gasteiger partial charge in [-0.3, -0.25) is 9.59 Å². The fraction of sp³-hybridized carbons (Fsp3) is 0.400. The number of nitrogens with zero attached hydrogens (tertiary/aromatic N) is 1. The molecule has 4 N–H and O–H groups in total. The highest BCUT2D eigenvalue weighted by Gasteiger charge is 2.31. The smallest absolute Gasteiger partial charge is 0.378 e. The van der Waals surface area contributed by atoms with Crippen LogP contribution in [0.4, 0.5) is 13.2 Å². The van der Waals surface area contributed by atoms with E-state index < -0.39 is 41.6 Å². The highest BCUT2D eigenvalue weighted by Crippen LogP contribution is 2.30. The molecule has 3 atom stereocenters. The van der Waals surface area contributed by atoms with E-state index in [1.165, 1.54) is 6.92 Å². The topological polar surface area (TPSA) is 116 Å². The molecular formula is C15H16F3N3O3. The zero-order valence-corrected chi connectivity index (χ0v) is 12.7. The number of carbonyl (C=O) groups is 2. The highest BCUT2D eigenvalue weighted by molar-refractivity contribution is 5.89. The number of nitrogens with one attached hydrogen (secondary N) is 1. The third-order valence-corrected chi connectivity index (χ3v) is 3.39. The first-order valence-corrected chi connectivity index (χ1v) is 6.89. The van der Waals surface area contributed by atoms with Crippen LogP contribution in [-0.2, 0) is 15.8 Å². The molecular weight excluding hydrogens is 327 g/mol. The van der Waals surface area contributed by atoms with Crippen molar-refractivity contribution in [2.24, 2.45) is 11.7 Å². The van der Waals surface area contributed by atoms with Crippen molar-refractivity contribution < 1.29 is 27.9 Å². The molecule has 0 unspecified atom stereocenters. The monoisotopic (exact) mass is 343 g/mol. The van der Waals surface area contributed by atoms with Gasteiger partial charge in [-0.1, -0.05) is 19.1 Å². The minimum atomic E-state index is -4.53. The maximum absolute atomic E-state index is 12.5. The van der Waals surface area contributed by atoms with Gasteiger partial charge in [0.2, 0.25) is 5.91 Å². The number of nitriles is 1. The summed E-state index contributed by atoms with van der Waals surface area (Å²) in [6, 6.07) is 4.04. The molecule has 0 heterocycles. The second-order valence-corrected chi connectivity index (χ2v) is 5.25. The number of rotatable bonds is 6. The molecule has 24 heavy (non-hydrogen) atoms. The van der Waals surface area contributed by atoms with Gasteiger partial charge in [-0.2, -0.15) is 18.4 Å². The van der Waals surface area contributed by atoms with Crippen molar-refractivity contribution in [3.8, 4) is 6.07 Å².